The number of benzene rings is 1. The highest BCUT2D eigenvalue weighted by Gasteiger charge is 2.23. The number of hydrogen-bond donors (Lipinski definition) is 0. The predicted molar refractivity (Wildman–Crippen MR) is 73.7 cm³/mol. The summed E-state index contributed by atoms with van der Waals surface area (Å²) in [5.41, 5.74) is 1.00. The Hall–Kier alpha value is -1.07. The van der Waals surface area contributed by atoms with Gasteiger partial charge in [0.1, 0.15) is 6.54 Å². The molecule has 0 saturated heterocycles. The first kappa shape index (κ1) is 12.4. The van der Waals surface area contributed by atoms with E-state index in [1.165, 1.54) is 0 Å². The number of thioether (sulfide) groups is 1. The molecule has 5 heteroatoms. The molecule has 0 N–H and O–H groups in total. The topological polar surface area (TPSA) is 29.5 Å². The average Bonchev–Trinajstić information content (AvgIpc) is 2.33. The van der Waals surface area contributed by atoms with Crippen molar-refractivity contribution in [3.63, 3.8) is 0 Å². The third-order valence-corrected chi connectivity index (χ3v) is 4.02. The van der Waals surface area contributed by atoms with E-state index in [-0.39, 0.29) is 12.5 Å². The van der Waals surface area contributed by atoms with E-state index in [1.807, 2.05) is 29.2 Å². The van der Waals surface area contributed by atoms with Crippen molar-refractivity contribution in [3.05, 3.63) is 24.3 Å². The summed E-state index contributed by atoms with van der Waals surface area (Å²) in [5.74, 6) is 0.503. The Morgan fingerprint density at radius 1 is 1.53 bits per heavy atom. The van der Waals surface area contributed by atoms with E-state index in [4.69, 9.17) is 17.0 Å². The summed E-state index contributed by atoms with van der Waals surface area (Å²) in [6, 6.07) is 7.96. The standard InChI is InChI=1S/C12H13NO2S2/c1-2-15-12(14)7-13-9-5-3-4-6-10(9)17-8-11(13)16/h3-6H,2,7-8H2,1H3. The molecule has 0 amide bonds. The lowest BCUT2D eigenvalue weighted by atomic mass is 10.2. The molecule has 0 radical (unpaired) electrons. The maximum Gasteiger partial charge on any atom is 0.325 e. The fourth-order valence-corrected chi connectivity index (χ4v) is 2.94. The fourth-order valence-electron chi connectivity index (χ4n) is 1.66. The Morgan fingerprint density at radius 2 is 2.29 bits per heavy atom. The number of para-hydroxylation sites is 1. The minimum atomic E-state index is -0.239. The molecule has 0 atom stereocenters. The number of carbonyl (C=O) groups is 1. The van der Waals surface area contributed by atoms with Gasteiger partial charge in [-0.05, 0) is 19.1 Å². The van der Waals surface area contributed by atoms with E-state index in [0.717, 1.165) is 21.3 Å². The molecular formula is C12H13NO2S2. The van der Waals surface area contributed by atoms with Crippen molar-refractivity contribution in [2.75, 3.05) is 23.8 Å². The first-order valence-corrected chi connectivity index (χ1v) is 6.79. The number of esters is 1. The molecule has 0 bridgehead atoms. The number of thiocarbonyl (C=S) groups is 1. The summed E-state index contributed by atoms with van der Waals surface area (Å²) in [7, 11) is 0. The van der Waals surface area contributed by atoms with Crippen LogP contribution in [0.5, 0.6) is 0 Å². The number of ether oxygens (including phenoxy) is 1. The molecule has 90 valence electrons. The van der Waals surface area contributed by atoms with Crippen molar-refractivity contribution < 1.29 is 9.53 Å². The predicted octanol–water partition coefficient (Wildman–Crippen LogP) is 2.49. The van der Waals surface area contributed by atoms with E-state index in [0.29, 0.717) is 6.61 Å². The second-order valence-corrected chi connectivity index (χ2v) is 5.03. The number of nitrogens with zero attached hydrogens (tertiary/aromatic N) is 1. The molecule has 2 rings (SSSR count). The van der Waals surface area contributed by atoms with Gasteiger partial charge in [0.05, 0.1) is 17.3 Å². The number of hydrogen-bond acceptors (Lipinski definition) is 4. The lowest BCUT2D eigenvalue weighted by molar-refractivity contribution is -0.141. The minimum Gasteiger partial charge on any atom is -0.465 e. The molecule has 0 fully saturated rings. The van der Waals surface area contributed by atoms with E-state index in [1.54, 1.807) is 18.7 Å². The quantitative estimate of drug-likeness (QED) is 0.620. The van der Waals surface area contributed by atoms with Crippen LogP contribution in [0.1, 0.15) is 6.92 Å². The van der Waals surface area contributed by atoms with Gasteiger partial charge in [0, 0.05) is 10.6 Å². The van der Waals surface area contributed by atoms with Gasteiger partial charge in [0.2, 0.25) is 0 Å². The molecule has 0 aromatic heterocycles. The highest BCUT2D eigenvalue weighted by molar-refractivity contribution is 8.01. The van der Waals surface area contributed by atoms with Gasteiger partial charge in [-0.1, -0.05) is 24.4 Å². The second kappa shape index (κ2) is 5.51. The van der Waals surface area contributed by atoms with Crippen molar-refractivity contribution in [3.8, 4) is 0 Å². The number of rotatable bonds is 3. The first-order valence-electron chi connectivity index (χ1n) is 5.40. The summed E-state index contributed by atoms with van der Waals surface area (Å²) in [6.07, 6.45) is 0. The van der Waals surface area contributed by atoms with E-state index in [9.17, 15) is 4.79 Å². The van der Waals surface area contributed by atoms with Gasteiger partial charge in [0.15, 0.2) is 0 Å². The van der Waals surface area contributed by atoms with Crippen LogP contribution in [0.4, 0.5) is 5.69 Å². The smallest absolute Gasteiger partial charge is 0.325 e. The van der Waals surface area contributed by atoms with Crippen molar-refractivity contribution in [1.29, 1.82) is 0 Å². The third kappa shape index (κ3) is 2.79. The van der Waals surface area contributed by atoms with Crippen LogP contribution in [0.2, 0.25) is 0 Å². The third-order valence-electron chi connectivity index (χ3n) is 2.40. The first-order chi connectivity index (χ1) is 8.22. The minimum absolute atomic E-state index is 0.199. The van der Waals surface area contributed by atoms with Crippen molar-refractivity contribution in [2.45, 2.75) is 11.8 Å². The van der Waals surface area contributed by atoms with Gasteiger partial charge < -0.3 is 9.64 Å². The zero-order valence-corrected chi connectivity index (χ0v) is 11.1. The summed E-state index contributed by atoms with van der Waals surface area (Å²) in [5, 5.41) is 0. The van der Waals surface area contributed by atoms with Crippen LogP contribution < -0.4 is 4.90 Å². The van der Waals surface area contributed by atoms with Crippen LogP contribution in [-0.2, 0) is 9.53 Å². The van der Waals surface area contributed by atoms with Crippen LogP contribution in [0.3, 0.4) is 0 Å². The highest BCUT2D eigenvalue weighted by atomic mass is 32.2. The molecule has 3 nitrogen and oxygen atoms in total. The van der Waals surface area contributed by atoms with Crippen LogP contribution in [-0.4, -0.2) is 29.9 Å². The van der Waals surface area contributed by atoms with Crippen molar-refractivity contribution in [1.82, 2.24) is 0 Å². The molecule has 1 aliphatic heterocycles. The molecule has 1 aliphatic rings. The Balaban J connectivity index is 2.21. The monoisotopic (exact) mass is 267 g/mol. The van der Waals surface area contributed by atoms with Gasteiger partial charge >= 0.3 is 5.97 Å². The molecule has 0 aliphatic carbocycles. The summed E-state index contributed by atoms with van der Waals surface area (Å²) in [4.78, 5) is 15.3. The maximum absolute atomic E-state index is 11.5. The Morgan fingerprint density at radius 3 is 3.06 bits per heavy atom. The summed E-state index contributed by atoms with van der Waals surface area (Å²) in [6.45, 7) is 2.40. The van der Waals surface area contributed by atoms with Crippen LogP contribution in [0.15, 0.2) is 29.2 Å². The lowest BCUT2D eigenvalue weighted by Crippen LogP contribution is -2.38. The Kier molecular flexibility index (Phi) is 4.02. The molecule has 0 unspecified atom stereocenters. The summed E-state index contributed by atoms with van der Waals surface area (Å²) >= 11 is 7.01. The van der Waals surface area contributed by atoms with Gasteiger partial charge in [-0.3, -0.25) is 4.79 Å². The fraction of sp³-hybridized carbons (Fsp3) is 0.333. The lowest BCUT2D eigenvalue weighted by Gasteiger charge is -2.30. The summed E-state index contributed by atoms with van der Waals surface area (Å²) < 4.78 is 4.96. The second-order valence-electron chi connectivity index (χ2n) is 3.54. The van der Waals surface area contributed by atoms with Crippen LogP contribution >= 0.6 is 24.0 Å². The zero-order valence-electron chi connectivity index (χ0n) is 9.51. The van der Waals surface area contributed by atoms with Crippen molar-refractivity contribution >= 4 is 40.6 Å². The largest absolute Gasteiger partial charge is 0.465 e. The van der Waals surface area contributed by atoms with Crippen LogP contribution in [0.25, 0.3) is 0 Å². The Labute approximate surface area is 110 Å². The molecule has 1 aromatic carbocycles. The van der Waals surface area contributed by atoms with Gasteiger partial charge in [0.25, 0.3) is 0 Å². The molecule has 0 spiro atoms. The number of carbonyl (C=O) groups excluding carboxylic acids is 1. The molecule has 1 aromatic rings. The Bertz CT molecular complexity index is 448. The van der Waals surface area contributed by atoms with Gasteiger partial charge in [-0.15, -0.1) is 11.8 Å². The van der Waals surface area contributed by atoms with E-state index < -0.39 is 0 Å². The SMILES string of the molecule is CCOC(=O)CN1C(=S)CSc2ccccc21. The van der Waals surface area contributed by atoms with Crippen molar-refractivity contribution in [2.24, 2.45) is 0 Å². The number of anilines is 1. The molecule has 1 heterocycles. The van der Waals surface area contributed by atoms with Gasteiger partial charge in [-0.2, -0.15) is 0 Å². The molecule has 0 saturated carbocycles. The average molecular weight is 267 g/mol. The molecule has 17 heavy (non-hydrogen) atoms. The zero-order chi connectivity index (χ0) is 12.3. The maximum atomic E-state index is 11.5. The van der Waals surface area contributed by atoms with Crippen LogP contribution in [0, 0.1) is 0 Å². The van der Waals surface area contributed by atoms with Gasteiger partial charge in [-0.25, -0.2) is 0 Å². The molecular weight excluding hydrogens is 254 g/mol. The van der Waals surface area contributed by atoms with E-state index >= 15 is 0 Å². The normalized spacial score (nSPS) is 14.4. The van der Waals surface area contributed by atoms with E-state index in [2.05, 4.69) is 0 Å². The highest BCUT2D eigenvalue weighted by Crippen LogP contribution is 2.35. The number of fused-ring (bicyclic) bond motifs is 1.